The monoisotopic (exact) mass is 245 g/mol. The number of hydrogen-bond donors (Lipinski definition) is 1. The number of hydrogen-bond acceptors (Lipinski definition) is 5. The molecule has 0 aliphatic carbocycles. The van der Waals surface area contributed by atoms with Crippen molar-refractivity contribution in [2.75, 3.05) is 26.7 Å². The summed E-state index contributed by atoms with van der Waals surface area (Å²) >= 11 is 0. The van der Waals surface area contributed by atoms with Crippen molar-refractivity contribution in [2.45, 2.75) is 6.10 Å². The van der Waals surface area contributed by atoms with Gasteiger partial charge in [0.2, 0.25) is 0 Å². The van der Waals surface area contributed by atoms with Gasteiger partial charge in [0.05, 0.1) is 38.4 Å². The molecule has 0 aliphatic heterocycles. The van der Waals surface area contributed by atoms with Gasteiger partial charge in [-0.15, -0.1) is 0 Å². The van der Waals surface area contributed by atoms with Gasteiger partial charge in [-0.3, -0.25) is 4.90 Å². The molecule has 1 N–H and O–H groups in total. The van der Waals surface area contributed by atoms with Gasteiger partial charge < -0.3 is 9.84 Å². The Hall–Kier alpha value is -2.08. The Morgan fingerprint density at radius 2 is 2.00 bits per heavy atom. The molecule has 1 atom stereocenters. The first-order valence-electron chi connectivity index (χ1n) is 5.49. The number of rotatable bonds is 6. The maximum absolute atomic E-state index is 10.0. The van der Waals surface area contributed by atoms with Crippen LogP contribution in [-0.4, -0.2) is 36.8 Å². The normalized spacial score (nSPS) is 11.6. The zero-order valence-electron chi connectivity index (χ0n) is 10.2. The molecule has 94 valence electrons. The SMILES string of the molecule is COc1cccc(C(O)CN(CC#N)CC#N)c1. The number of benzene rings is 1. The van der Waals surface area contributed by atoms with E-state index in [2.05, 4.69) is 0 Å². The maximum Gasteiger partial charge on any atom is 0.119 e. The fourth-order valence-corrected chi connectivity index (χ4v) is 1.58. The molecule has 1 aromatic carbocycles. The van der Waals surface area contributed by atoms with Crippen molar-refractivity contribution in [3.05, 3.63) is 29.8 Å². The highest BCUT2D eigenvalue weighted by atomic mass is 16.5. The van der Waals surface area contributed by atoms with E-state index in [4.69, 9.17) is 15.3 Å². The summed E-state index contributed by atoms with van der Waals surface area (Å²) in [4.78, 5) is 1.59. The van der Waals surface area contributed by atoms with E-state index >= 15 is 0 Å². The Kier molecular flexibility index (Phi) is 5.66. The van der Waals surface area contributed by atoms with Crippen molar-refractivity contribution in [2.24, 2.45) is 0 Å². The fraction of sp³-hybridized carbons (Fsp3) is 0.385. The lowest BCUT2D eigenvalue weighted by Gasteiger charge is -2.20. The van der Waals surface area contributed by atoms with Crippen molar-refractivity contribution in [1.29, 1.82) is 10.5 Å². The quantitative estimate of drug-likeness (QED) is 0.758. The molecule has 0 bridgehead atoms. The molecule has 0 heterocycles. The predicted molar refractivity (Wildman–Crippen MR) is 65.6 cm³/mol. The number of nitriles is 2. The van der Waals surface area contributed by atoms with Gasteiger partial charge >= 0.3 is 0 Å². The topological polar surface area (TPSA) is 80.3 Å². The standard InChI is InChI=1S/C13H15N3O2/c1-18-12-4-2-3-11(9-12)13(17)10-16(7-5-14)8-6-15/h2-4,9,13,17H,7-8,10H2,1H3. The Labute approximate surface area is 106 Å². The average molecular weight is 245 g/mol. The summed E-state index contributed by atoms with van der Waals surface area (Å²) in [6.45, 7) is 0.484. The van der Waals surface area contributed by atoms with Crippen LogP contribution in [0.1, 0.15) is 11.7 Å². The minimum absolute atomic E-state index is 0.120. The van der Waals surface area contributed by atoms with Crippen LogP contribution in [0.4, 0.5) is 0 Å². The van der Waals surface area contributed by atoms with E-state index in [0.29, 0.717) is 11.3 Å². The van der Waals surface area contributed by atoms with Crippen LogP contribution in [0.2, 0.25) is 0 Å². The second-order valence-electron chi connectivity index (χ2n) is 3.78. The first kappa shape index (κ1) is 14.0. The van der Waals surface area contributed by atoms with Crippen molar-refractivity contribution in [1.82, 2.24) is 4.90 Å². The number of ether oxygens (including phenoxy) is 1. The smallest absolute Gasteiger partial charge is 0.119 e. The Morgan fingerprint density at radius 1 is 1.33 bits per heavy atom. The lowest BCUT2D eigenvalue weighted by molar-refractivity contribution is 0.127. The van der Waals surface area contributed by atoms with Crippen LogP contribution >= 0.6 is 0 Å². The number of aliphatic hydroxyl groups is 1. The molecule has 0 aromatic heterocycles. The number of methoxy groups -OCH3 is 1. The van der Waals surface area contributed by atoms with E-state index in [0.717, 1.165) is 0 Å². The summed E-state index contributed by atoms with van der Waals surface area (Å²) in [6, 6.07) is 11.0. The van der Waals surface area contributed by atoms with E-state index in [1.165, 1.54) is 0 Å². The summed E-state index contributed by atoms with van der Waals surface area (Å²) in [5.41, 5.74) is 0.704. The lowest BCUT2D eigenvalue weighted by atomic mass is 10.1. The summed E-state index contributed by atoms with van der Waals surface area (Å²) < 4.78 is 5.08. The van der Waals surface area contributed by atoms with Crippen molar-refractivity contribution < 1.29 is 9.84 Å². The third-order valence-corrected chi connectivity index (χ3v) is 2.50. The molecule has 5 nitrogen and oxygen atoms in total. The number of aliphatic hydroxyl groups excluding tert-OH is 1. The van der Waals surface area contributed by atoms with Gasteiger partial charge in [0, 0.05) is 6.54 Å². The molecule has 0 radical (unpaired) electrons. The van der Waals surface area contributed by atoms with Gasteiger partial charge in [0.1, 0.15) is 5.75 Å². The van der Waals surface area contributed by atoms with Crippen molar-refractivity contribution in [3.63, 3.8) is 0 Å². The van der Waals surface area contributed by atoms with E-state index in [-0.39, 0.29) is 19.6 Å². The van der Waals surface area contributed by atoms with E-state index < -0.39 is 6.10 Å². The molecular formula is C13H15N3O2. The predicted octanol–water partition coefficient (Wildman–Crippen LogP) is 1.08. The molecule has 18 heavy (non-hydrogen) atoms. The largest absolute Gasteiger partial charge is 0.497 e. The molecule has 1 rings (SSSR count). The third kappa shape index (κ3) is 4.06. The molecular weight excluding hydrogens is 230 g/mol. The van der Waals surface area contributed by atoms with Gasteiger partial charge in [0.15, 0.2) is 0 Å². The number of nitrogens with zero attached hydrogens (tertiary/aromatic N) is 3. The van der Waals surface area contributed by atoms with Gasteiger partial charge in [-0.2, -0.15) is 10.5 Å². The van der Waals surface area contributed by atoms with Gasteiger partial charge in [-0.1, -0.05) is 12.1 Å². The Balaban J connectivity index is 2.71. The summed E-state index contributed by atoms with van der Waals surface area (Å²) in [5, 5.41) is 27.3. The van der Waals surface area contributed by atoms with Gasteiger partial charge in [-0.05, 0) is 17.7 Å². The molecule has 1 unspecified atom stereocenters. The summed E-state index contributed by atoms with van der Waals surface area (Å²) in [6.07, 6.45) is -0.748. The third-order valence-electron chi connectivity index (χ3n) is 2.50. The van der Waals surface area contributed by atoms with Gasteiger partial charge in [0.25, 0.3) is 0 Å². The van der Waals surface area contributed by atoms with Crippen molar-refractivity contribution >= 4 is 0 Å². The second kappa shape index (κ2) is 7.29. The Bertz CT molecular complexity index is 446. The first-order chi connectivity index (χ1) is 8.71. The van der Waals surface area contributed by atoms with E-state index in [9.17, 15) is 5.11 Å². The summed E-state index contributed by atoms with van der Waals surface area (Å²) in [7, 11) is 1.56. The van der Waals surface area contributed by atoms with Crippen LogP contribution in [0.3, 0.4) is 0 Å². The average Bonchev–Trinajstić information content (AvgIpc) is 2.39. The summed E-state index contributed by atoms with van der Waals surface area (Å²) in [5.74, 6) is 0.665. The highest BCUT2D eigenvalue weighted by molar-refractivity contribution is 5.29. The maximum atomic E-state index is 10.0. The molecule has 0 spiro atoms. The lowest BCUT2D eigenvalue weighted by Crippen LogP contribution is -2.29. The van der Waals surface area contributed by atoms with Crippen LogP contribution in [0.15, 0.2) is 24.3 Å². The van der Waals surface area contributed by atoms with E-state index in [1.807, 2.05) is 12.1 Å². The van der Waals surface area contributed by atoms with Crippen LogP contribution in [0, 0.1) is 22.7 Å². The molecule has 1 aromatic rings. The zero-order valence-corrected chi connectivity index (χ0v) is 10.2. The highest BCUT2D eigenvalue weighted by Crippen LogP contribution is 2.19. The first-order valence-corrected chi connectivity index (χ1v) is 5.49. The minimum Gasteiger partial charge on any atom is -0.497 e. The molecule has 0 saturated carbocycles. The second-order valence-corrected chi connectivity index (χ2v) is 3.78. The molecule has 0 fully saturated rings. The zero-order chi connectivity index (χ0) is 13.4. The van der Waals surface area contributed by atoms with Crippen LogP contribution < -0.4 is 4.74 Å². The highest BCUT2D eigenvalue weighted by Gasteiger charge is 2.13. The Morgan fingerprint density at radius 3 is 2.56 bits per heavy atom. The van der Waals surface area contributed by atoms with Crippen LogP contribution in [-0.2, 0) is 0 Å². The molecule has 5 heteroatoms. The van der Waals surface area contributed by atoms with Crippen molar-refractivity contribution in [3.8, 4) is 17.9 Å². The minimum atomic E-state index is -0.748. The fourth-order valence-electron chi connectivity index (χ4n) is 1.58. The van der Waals surface area contributed by atoms with Crippen LogP contribution in [0.5, 0.6) is 5.75 Å². The van der Waals surface area contributed by atoms with Crippen LogP contribution in [0.25, 0.3) is 0 Å². The molecule has 0 aliphatic rings. The molecule has 0 saturated heterocycles. The van der Waals surface area contributed by atoms with Gasteiger partial charge in [-0.25, -0.2) is 0 Å². The van der Waals surface area contributed by atoms with E-state index in [1.54, 1.807) is 36.3 Å². The molecule has 0 amide bonds.